The Balaban J connectivity index is 1.14. The molecule has 2 aliphatic carbocycles. The van der Waals surface area contributed by atoms with Crippen LogP contribution in [0.3, 0.4) is 0 Å². The van der Waals surface area contributed by atoms with Crippen molar-refractivity contribution in [2.24, 2.45) is 0 Å². The van der Waals surface area contributed by atoms with Crippen molar-refractivity contribution in [3.8, 4) is 33.4 Å². The van der Waals surface area contributed by atoms with Gasteiger partial charge < -0.3 is 9.32 Å². The van der Waals surface area contributed by atoms with Crippen LogP contribution in [0.2, 0.25) is 0 Å². The van der Waals surface area contributed by atoms with E-state index in [1.807, 2.05) is 0 Å². The van der Waals surface area contributed by atoms with Crippen LogP contribution in [0.5, 0.6) is 0 Å². The Kier molecular flexibility index (Phi) is 6.50. The number of nitrogens with zero attached hydrogens (tertiary/aromatic N) is 1. The summed E-state index contributed by atoms with van der Waals surface area (Å²) in [6.45, 7) is 2.16. The molecule has 0 bridgehead atoms. The molecule has 0 saturated heterocycles. The van der Waals surface area contributed by atoms with Crippen LogP contribution in [0.1, 0.15) is 27.8 Å². The van der Waals surface area contributed by atoms with E-state index in [1.54, 1.807) is 0 Å². The molecule has 2 nitrogen and oxygen atoms in total. The summed E-state index contributed by atoms with van der Waals surface area (Å²) in [5.41, 5.74) is 18.5. The van der Waals surface area contributed by atoms with E-state index >= 15 is 0 Å². The van der Waals surface area contributed by atoms with Crippen molar-refractivity contribution in [2.45, 2.75) is 12.3 Å². The molecule has 262 valence electrons. The van der Waals surface area contributed by atoms with E-state index in [4.69, 9.17) is 4.42 Å². The van der Waals surface area contributed by atoms with Gasteiger partial charge in [0.25, 0.3) is 0 Å². The third kappa shape index (κ3) is 4.16. The average Bonchev–Trinajstić information content (AvgIpc) is 3.90. The summed E-state index contributed by atoms with van der Waals surface area (Å²) in [4.78, 5) is 2.40. The van der Waals surface area contributed by atoms with Crippen molar-refractivity contribution in [3.63, 3.8) is 0 Å². The quantitative estimate of drug-likeness (QED) is 0.181. The lowest BCUT2D eigenvalue weighted by molar-refractivity contribution is 0.666. The first-order chi connectivity index (χ1) is 27.7. The van der Waals surface area contributed by atoms with Gasteiger partial charge in [-0.3, -0.25) is 0 Å². The second-order valence-electron chi connectivity index (χ2n) is 15.2. The highest BCUT2D eigenvalue weighted by molar-refractivity contribution is 6.21. The molecule has 0 amide bonds. The molecule has 0 aliphatic heterocycles. The molecule has 10 aromatic rings. The summed E-state index contributed by atoms with van der Waals surface area (Å²) in [5, 5.41) is 4.71. The van der Waals surface area contributed by atoms with E-state index in [2.05, 4.69) is 206 Å². The summed E-state index contributed by atoms with van der Waals surface area (Å²) < 4.78 is 7.03. The van der Waals surface area contributed by atoms with Crippen LogP contribution in [0.25, 0.3) is 66.1 Å². The molecule has 2 heteroatoms. The van der Waals surface area contributed by atoms with Crippen LogP contribution in [0.15, 0.2) is 199 Å². The van der Waals surface area contributed by atoms with Crippen molar-refractivity contribution < 1.29 is 4.42 Å². The van der Waals surface area contributed by atoms with E-state index in [9.17, 15) is 0 Å². The topological polar surface area (TPSA) is 16.4 Å². The molecule has 0 fully saturated rings. The monoisotopic (exact) mass is 713 g/mol. The molecule has 0 N–H and O–H groups in total. The van der Waals surface area contributed by atoms with Crippen LogP contribution in [0.4, 0.5) is 17.1 Å². The molecule has 0 atom stereocenters. The van der Waals surface area contributed by atoms with Crippen LogP contribution in [0, 0.1) is 6.92 Å². The Hall–Kier alpha value is -7.16. The molecule has 9 aromatic carbocycles. The number of furan rings is 1. The van der Waals surface area contributed by atoms with E-state index in [-0.39, 0.29) is 0 Å². The van der Waals surface area contributed by atoms with Gasteiger partial charge in [-0.05, 0) is 115 Å². The number of benzene rings is 9. The molecular formula is C54H35NO. The number of anilines is 3. The van der Waals surface area contributed by atoms with Gasteiger partial charge >= 0.3 is 0 Å². The molecule has 1 aromatic heterocycles. The highest BCUT2D eigenvalue weighted by Crippen LogP contribution is 2.63. The van der Waals surface area contributed by atoms with Crippen LogP contribution in [-0.2, 0) is 5.41 Å². The Labute approximate surface area is 325 Å². The lowest BCUT2D eigenvalue weighted by Crippen LogP contribution is -2.26. The van der Waals surface area contributed by atoms with Crippen molar-refractivity contribution in [1.82, 2.24) is 0 Å². The van der Waals surface area contributed by atoms with E-state index in [0.717, 1.165) is 39.2 Å². The Morgan fingerprint density at radius 3 is 1.66 bits per heavy atom. The van der Waals surface area contributed by atoms with Crippen LogP contribution >= 0.6 is 0 Å². The van der Waals surface area contributed by atoms with Crippen molar-refractivity contribution >= 4 is 49.8 Å². The second kappa shape index (κ2) is 11.7. The standard InChI is InChI=1S/C54H35NO/c1-34-32-37-16-5-6-17-40(37)51-45-21-13-25-50(53(45)56-52(34)51)55(38-28-26-36(27-29-38)35-14-3-2-4-15-35)39-30-31-44-43-20-9-12-24-48(43)54(49(44)33-39)46-22-10-7-18-41(46)42-19-8-11-23-47(42)54/h2-33H,1H3. The number of rotatable bonds is 4. The predicted molar refractivity (Wildman–Crippen MR) is 232 cm³/mol. The molecule has 2 aliphatic rings. The first-order valence-electron chi connectivity index (χ1n) is 19.4. The largest absolute Gasteiger partial charge is 0.454 e. The van der Waals surface area contributed by atoms with Crippen molar-refractivity contribution in [2.75, 3.05) is 4.90 Å². The lowest BCUT2D eigenvalue weighted by atomic mass is 9.70. The fourth-order valence-corrected chi connectivity index (χ4v) is 10.1. The van der Waals surface area contributed by atoms with Gasteiger partial charge in [0, 0.05) is 22.1 Å². The number of hydrogen-bond donors (Lipinski definition) is 0. The predicted octanol–water partition coefficient (Wildman–Crippen LogP) is 14.5. The summed E-state index contributed by atoms with van der Waals surface area (Å²) in [7, 11) is 0. The third-order valence-electron chi connectivity index (χ3n) is 12.4. The van der Waals surface area contributed by atoms with Gasteiger partial charge in [-0.15, -0.1) is 0 Å². The van der Waals surface area contributed by atoms with Gasteiger partial charge in [0.2, 0.25) is 0 Å². The smallest absolute Gasteiger partial charge is 0.159 e. The normalized spacial score (nSPS) is 13.2. The summed E-state index contributed by atoms with van der Waals surface area (Å²) in [5.74, 6) is 0. The minimum atomic E-state index is -0.445. The van der Waals surface area contributed by atoms with Gasteiger partial charge in [0.1, 0.15) is 5.58 Å². The SMILES string of the molecule is Cc1cc2ccccc2c2c1oc1c(N(c3ccc(-c4ccccc4)cc3)c3ccc4c(c3)C3(c5ccccc5-c5ccccc53)c3ccccc3-4)cccc12. The molecule has 0 unspecified atom stereocenters. The minimum Gasteiger partial charge on any atom is -0.454 e. The molecular weight excluding hydrogens is 679 g/mol. The van der Waals surface area contributed by atoms with Crippen LogP contribution in [-0.4, -0.2) is 0 Å². The molecule has 1 heterocycles. The zero-order valence-corrected chi connectivity index (χ0v) is 30.8. The fourth-order valence-electron chi connectivity index (χ4n) is 10.1. The van der Waals surface area contributed by atoms with Gasteiger partial charge in [-0.1, -0.05) is 158 Å². The van der Waals surface area contributed by atoms with E-state index in [1.165, 1.54) is 71.8 Å². The number of para-hydroxylation sites is 1. The molecule has 0 saturated carbocycles. The van der Waals surface area contributed by atoms with Gasteiger partial charge in [0.05, 0.1) is 11.1 Å². The number of hydrogen-bond acceptors (Lipinski definition) is 2. The molecule has 56 heavy (non-hydrogen) atoms. The zero-order chi connectivity index (χ0) is 37.0. The van der Waals surface area contributed by atoms with E-state index in [0.29, 0.717) is 0 Å². The maximum Gasteiger partial charge on any atom is 0.159 e. The Bertz CT molecular complexity index is 3140. The number of fused-ring (bicyclic) bond motifs is 15. The van der Waals surface area contributed by atoms with Gasteiger partial charge in [-0.2, -0.15) is 0 Å². The average molecular weight is 714 g/mol. The second-order valence-corrected chi connectivity index (χ2v) is 15.2. The first kappa shape index (κ1) is 31.2. The summed E-state index contributed by atoms with van der Waals surface area (Å²) >= 11 is 0. The summed E-state index contributed by atoms with van der Waals surface area (Å²) in [6.07, 6.45) is 0. The lowest BCUT2D eigenvalue weighted by Gasteiger charge is -2.32. The highest BCUT2D eigenvalue weighted by Gasteiger charge is 2.51. The summed E-state index contributed by atoms with van der Waals surface area (Å²) in [6, 6.07) is 71.2. The van der Waals surface area contributed by atoms with Crippen molar-refractivity contribution in [1.29, 1.82) is 0 Å². The molecule has 12 rings (SSSR count). The maximum atomic E-state index is 7.03. The fraction of sp³-hybridized carbons (Fsp3) is 0.0370. The highest BCUT2D eigenvalue weighted by atomic mass is 16.3. The van der Waals surface area contributed by atoms with Crippen molar-refractivity contribution in [3.05, 3.63) is 222 Å². The Morgan fingerprint density at radius 1 is 0.411 bits per heavy atom. The zero-order valence-electron chi connectivity index (χ0n) is 30.8. The van der Waals surface area contributed by atoms with Gasteiger partial charge in [-0.25, -0.2) is 0 Å². The first-order valence-corrected chi connectivity index (χ1v) is 19.4. The minimum absolute atomic E-state index is 0.445. The molecule has 0 radical (unpaired) electrons. The van der Waals surface area contributed by atoms with Crippen LogP contribution < -0.4 is 4.90 Å². The van der Waals surface area contributed by atoms with E-state index < -0.39 is 5.41 Å². The number of aryl methyl sites for hydroxylation is 1. The maximum absolute atomic E-state index is 7.03. The Morgan fingerprint density at radius 2 is 0.964 bits per heavy atom. The van der Waals surface area contributed by atoms with Gasteiger partial charge in [0.15, 0.2) is 5.58 Å². The third-order valence-corrected chi connectivity index (χ3v) is 12.4. The molecule has 1 spiro atoms.